The first-order valence-electron chi connectivity index (χ1n) is 4.02. The van der Waals surface area contributed by atoms with Crippen LogP contribution in [0.5, 0.6) is 0 Å². The third kappa shape index (κ3) is 2.24. The summed E-state index contributed by atoms with van der Waals surface area (Å²) in [6.45, 7) is 7.71. The van der Waals surface area contributed by atoms with E-state index in [-0.39, 0.29) is 5.41 Å². The Bertz CT molecular complexity index is 331. The van der Waals surface area contributed by atoms with Gasteiger partial charge in [0.2, 0.25) is 0 Å². The van der Waals surface area contributed by atoms with Crippen molar-refractivity contribution in [3.05, 3.63) is 21.9 Å². The zero-order valence-corrected chi connectivity index (χ0v) is 9.74. The van der Waals surface area contributed by atoms with Crippen LogP contribution in [0.2, 0.25) is 0 Å². The van der Waals surface area contributed by atoms with Crippen LogP contribution in [0.3, 0.4) is 0 Å². The molecule has 0 aliphatic rings. The molecule has 0 radical (unpaired) electrons. The van der Waals surface area contributed by atoms with E-state index < -0.39 is 6.08 Å². The summed E-state index contributed by atoms with van der Waals surface area (Å²) in [6.07, 6.45) is -0.661. The lowest BCUT2D eigenvalue weighted by atomic mass is 9.91. The van der Waals surface area contributed by atoms with Crippen LogP contribution in [-0.2, 0) is 5.41 Å². The second kappa shape index (κ2) is 3.33. The third-order valence-electron chi connectivity index (χ3n) is 1.70. The zero-order valence-electron chi connectivity index (χ0n) is 8.15. The molecule has 1 rings (SSSR count). The minimum absolute atomic E-state index is 0.173. The van der Waals surface area contributed by atoms with Gasteiger partial charge in [0.1, 0.15) is 0 Å². The van der Waals surface area contributed by atoms with Gasteiger partial charge in [-0.1, -0.05) is 20.8 Å². The molecule has 4 heteroatoms. The molecule has 0 atom stereocenters. The molecule has 0 saturated carbocycles. The normalized spacial score (nSPS) is 11.8. The number of hydrogen-bond donors (Lipinski definition) is 0. The van der Waals surface area contributed by atoms with E-state index in [1.807, 2.05) is 20.8 Å². The van der Waals surface area contributed by atoms with Crippen LogP contribution in [0.25, 0.3) is 0 Å². The van der Waals surface area contributed by atoms with Crippen molar-refractivity contribution in [1.29, 1.82) is 0 Å². The predicted molar refractivity (Wildman–Crippen MR) is 53.1 cm³/mol. The van der Waals surface area contributed by atoms with E-state index in [0.717, 1.165) is 4.47 Å². The number of aryl methyl sites for hydroxylation is 1. The van der Waals surface area contributed by atoms with Gasteiger partial charge >= 0.3 is 6.08 Å². The van der Waals surface area contributed by atoms with Crippen LogP contribution in [0.1, 0.15) is 32.2 Å². The Labute approximate surface area is 85.7 Å². The Morgan fingerprint density at radius 3 is 2.23 bits per heavy atom. The summed E-state index contributed by atoms with van der Waals surface area (Å²) in [7, 11) is 0. The van der Waals surface area contributed by atoms with Crippen LogP contribution in [-0.4, -0.2) is 9.97 Å². The summed E-state index contributed by atoms with van der Waals surface area (Å²) in [6, 6.07) is 0. The number of rotatable bonds is 0. The van der Waals surface area contributed by atoms with Crippen LogP contribution in [0.4, 0.5) is 4.39 Å². The maximum absolute atomic E-state index is 12.9. The van der Waals surface area contributed by atoms with Gasteiger partial charge in [0.05, 0.1) is 15.9 Å². The first kappa shape index (κ1) is 10.6. The molecule has 0 N–H and O–H groups in total. The second-order valence-corrected chi connectivity index (χ2v) is 4.78. The SMILES string of the molecule is Cc1nc(F)nc(C(C)(C)C)c1Br. The molecule has 13 heavy (non-hydrogen) atoms. The van der Waals surface area contributed by atoms with Crippen molar-refractivity contribution < 1.29 is 4.39 Å². The first-order valence-corrected chi connectivity index (χ1v) is 4.82. The summed E-state index contributed by atoms with van der Waals surface area (Å²) in [4.78, 5) is 7.40. The quantitative estimate of drug-likeness (QED) is 0.658. The van der Waals surface area contributed by atoms with Crippen molar-refractivity contribution in [2.45, 2.75) is 33.1 Å². The monoisotopic (exact) mass is 246 g/mol. The molecule has 0 saturated heterocycles. The summed E-state index contributed by atoms with van der Waals surface area (Å²) in [5.74, 6) is 0. The zero-order chi connectivity index (χ0) is 10.2. The molecule has 1 heterocycles. The van der Waals surface area contributed by atoms with Crippen molar-refractivity contribution in [2.24, 2.45) is 0 Å². The fourth-order valence-corrected chi connectivity index (χ4v) is 1.79. The highest BCUT2D eigenvalue weighted by Crippen LogP contribution is 2.29. The number of halogens is 2. The van der Waals surface area contributed by atoms with Crippen molar-refractivity contribution in [3.63, 3.8) is 0 Å². The number of aromatic nitrogens is 2. The van der Waals surface area contributed by atoms with E-state index in [0.29, 0.717) is 11.4 Å². The second-order valence-electron chi connectivity index (χ2n) is 3.99. The standard InChI is InChI=1S/C9H12BrFN2/c1-5-6(10)7(9(2,3)4)13-8(11)12-5/h1-4H3. The Balaban J connectivity index is 3.37. The van der Waals surface area contributed by atoms with Crippen LogP contribution in [0, 0.1) is 13.0 Å². The first-order chi connectivity index (χ1) is 5.82. The van der Waals surface area contributed by atoms with E-state index >= 15 is 0 Å². The van der Waals surface area contributed by atoms with Gasteiger partial charge < -0.3 is 0 Å². The Kier molecular flexibility index (Phi) is 2.71. The lowest BCUT2D eigenvalue weighted by Gasteiger charge is -2.19. The van der Waals surface area contributed by atoms with Gasteiger partial charge in [-0.3, -0.25) is 0 Å². The van der Waals surface area contributed by atoms with Gasteiger partial charge in [-0.2, -0.15) is 4.39 Å². The highest BCUT2D eigenvalue weighted by atomic mass is 79.9. The summed E-state index contributed by atoms with van der Waals surface area (Å²) >= 11 is 3.36. The average Bonchev–Trinajstić information content (AvgIpc) is 1.94. The molecule has 1 aromatic heterocycles. The maximum atomic E-state index is 12.9. The van der Waals surface area contributed by atoms with Gasteiger partial charge in [0, 0.05) is 5.41 Å². The predicted octanol–water partition coefficient (Wildman–Crippen LogP) is 2.98. The fraction of sp³-hybridized carbons (Fsp3) is 0.556. The molecular formula is C9H12BrFN2. The Morgan fingerprint density at radius 1 is 1.23 bits per heavy atom. The largest absolute Gasteiger partial charge is 0.309 e. The Hall–Kier alpha value is -0.510. The van der Waals surface area contributed by atoms with E-state index in [2.05, 4.69) is 25.9 Å². The summed E-state index contributed by atoms with van der Waals surface area (Å²) < 4.78 is 13.7. The third-order valence-corrected chi connectivity index (χ3v) is 2.65. The molecule has 2 nitrogen and oxygen atoms in total. The molecule has 0 fully saturated rings. The Morgan fingerprint density at radius 2 is 1.77 bits per heavy atom. The molecule has 0 spiro atoms. The lowest BCUT2D eigenvalue weighted by Crippen LogP contribution is -2.17. The van der Waals surface area contributed by atoms with Crippen LogP contribution >= 0.6 is 15.9 Å². The molecule has 0 aliphatic carbocycles. The van der Waals surface area contributed by atoms with E-state index in [4.69, 9.17) is 0 Å². The van der Waals surface area contributed by atoms with Crippen molar-refractivity contribution in [2.75, 3.05) is 0 Å². The van der Waals surface area contributed by atoms with E-state index in [1.54, 1.807) is 6.92 Å². The van der Waals surface area contributed by atoms with Crippen LogP contribution < -0.4 is 0 Å². The minimum Gasteiger partial charge on any atom is -0.206 e. The van der Waals surface area contributed by atoms with Gasteiger partial charge in [-0.25, -0.2) is 9.97 Å². The summed E-state index contributed by atoms with van der Waals surface area (Å²) in [5, 5.41) is 0. The minimum atomic E-state index is -0.661. The van der Waals surface area contributed by atoms with Gasteiger partial charge in [-0.15, -0.1) is 0 Å². The van der Waals surface area contributed by atoms with Gasteiger partial charge in [0.15, 0.2) is 0 Å². The molecule has 72 valence electrons. The molecule has 0 bridgehead atoms. The highest BCUT2D eigenvalue weighted by Gasteiger charge is 2.21. The maximum Gasteiger partial charge on any atom is 0.309 e. The average molecular weight is 247 g/mol. The number of nitrogens with zero attached hydrogens (tertiary/aromatic N) is 2. The molecule has 0 unspecified atom stereocenters. The van der Waals surface area contributed by atoms with Gasteiger partial charge in [0.25, 0.3) is 0 Å². The van der Waals surface area contributed by atoms with Crippen molar-refractivity contribution >= 4 is 15.9 Å². The van der Waals surface area contributed by atoms with E-state index in [9.17, 15) is 4.39 Å². The smallest absolute Gasteiger partial charge is 0.206 e. The topological polar surface area (TPSA) is 25.8 Å². The van der Waals surface area contributed by atoms with Crippen molar-refractivity contribution in [3.8, 4) is 0 Å². The molecule has 0 amide bonds. The molecule has 1 aromatic rings. The molecular weight excluding hydrogens is 235 g/mol. The van der Waals surface area contributed by atoms with E-state index in [1.165, 1.54) is 0 Å². The molecule has 0 aliphatic heterocycles. The lowest BCUT2D eigenvalue weighted by molar-refractivity contribution is 0.489. The summed E-state index contributed by atoms with van der Waals surface area (Å²) in [5.41, 5.74) is 1.17. The molecule has 0 aromatic carbocycles. The fourth-order valence-electron chi connectivity index (χ4n) is 1.02. The highest BCUT2D eigenvalue weighted by molar-refractivity contribution is 9.10. The number of hydrogen-bond acceptors (Lipinski definition) is 2. The van der Waals surface area contributed by atoms with Crippen LogP contribution in [0.15, 0.2) is 4.47 Å². The van der Waals surface area contributed by atoms with Crippen molar-refractivity contribution in [1.82, 2.24) is 9.97 Å². The van der Waals surface area contributed by atoms with Gasteiger partial charge in [-0.05, 0) is 22.9 Å².